The van der Waals surface area contributed by atoms with Crippen molar-refractivity contribution in [2.75, 3.05) is 13.2 Å². The number of fused-ring (bicyclic) bond motifs is 2. The fourth-order valence-electron chi connectivity index (χ4n) is 5.01. The average Bonchev–Trinajstić information content (AvgIpc) is 3.54. The van der Waals surface area contributed by atoms with Crippen molar-refractivity contribution < 1.29 is 18.9 Å². The monoisotopic (exact) mass is 360 g/mol. The summed E-state index contributed by atoms with van der Waals surface area (Å²) in [5.41, 5.74) is 0.894. The number of rotatable bonds is 6. The number of epoxide rings is 2. The van der Waals surface area contributed by atoms with Crippen molar-refractivity contribution >= 4 is 0 Å². The van der Waals surface area contributed by atoms with Gasteiger partial charge in [0.25, 0.3) is 0 Å². The Morgan fingerprint density at radius 2 is 1.62 bits per heavy atom. The third kappa shape index (κ3) is 3.66. The molecular weight excluding hydrogens is 328 g/mol. The van der Waals surface area contributed by atoms with Gasteiger partial charge in [0, 0.05) is 0 Å². The zero-order chi connectivity index (χ0) is 17.7. The summed E-state index contributed by atoms with van der Waals surface area (Å²) in [4.78, 5) is 0. The van der Waals surface area contributed by atoms with Crippen LogP contribution in [0.3, 0.4) is 0 Å². The highest BCUT2D eigenvalue weighted by Crippen LogP contribution is 2.41. The fraction of sp³-hybridized carbons (Fsp3) is 0.818. The van der Waals surface area contributed by atoms with Crippen LogP contribution in [0, 0.1) is 11.8 Å². The van der Waals surface area contributed by atoms with Crippen LogP contribution in [0.25, 0.3) is 0 Å². The van der Waals surface area contributed by atoms with Gasteiger partial charge in [-0.3, -0.25) is 0 Å². The maximum Gasteiger partial charge on any atom is 0.113 e. The minimum Gasteiger partial charge on any atom is -0.370 e. The van der Waals surface area contributed by atoms with Crippen molar-refractivity contribution in [2.45, 2.75) is 88.5 Å². The van der Waals surface area contributed by atoms with Gasteiger partial charge in [0.05, 0.1) is 37.6 Å². The second-order valence-electron chi connectivity index (χ2n) is 9.28. The molecule has 3 aliphatic carbocycles. The van der Waals surface area contributed by atoms with Crippen LogP contribution in [0.4, 0.5) is 0 Å². The van der Waals surface area contributed by atoms with E-state index in [0.717, 1.165) is 26.1 Å². The summed E-state index contributed by atoms with van der Waals surface area (Å²) in [6, 6.07) is 0. The van der Waals surface area contributed by atoms with Crippen molar-refractivity contribution in [2.24, 2.45) is 11.8 Å². The van der Waals surface area contributed by atoms with Crippen molar-refractivity contribution in [1.29, 1.82) is 0 Å². The molecule has 4 heteroatoms. The minimum atomic E-state index is -0.367. The average molecular weight is 360 g/mol. The molecule has 8 atom stereocenters. The molecule has 5 rings (SSSR count). The highest BCUT2D eigenvalue weighted by Gasteiger charge is 2.46. The molecule has 26 heavy (non-hydrogen) atoms. The molecule has 0 aromatic carbocycles. The molecule has 0 N–H and O–H groups in total. The lowest BCUT2D eigenvalue weighted by Gasteiger charge is -2.38. The van der Waals surface area contributed by atoms with E-state index in [1.807, 2.05) is 0 Å². The van der Waals surface area contributed by atoms with Crippen LogP contribution in [0.15, 0.2) is 23.8 Å². The Morgan fingerprint density at radius 1 is 0.962 bits per heavy atom. The molecule has 8 unspecified atom stereocenters. The van der Waals surface area contributed by atoms with E-state index in [1.54, 1.807) is 0 Å². The van der Waals surface area contributed by atoms with Gasteiger partial charge in [-0.1, -0.05) is 11.6 Å². The summed E-state index contributed by atoms with van der Waals surface area (Å²) in [6.07, 6.45) is 16.0. The van der Waals surface area contributed by atoms with Crippen LogP contribution in [0.1, 0.15) is 52.4 Å². The van der Waals surface area contributed by atoms with Crippen LogP contribution >= 0.6 is 0 Å². The molecule has 0 spiro atoms. The molecule has 4 nitrogen and oxygen atoms in total. The van der Waals surface area contributed by atoms with E-state index in [1.165, 1.54) is 31.3 Å². The topological polar surface area (TPSA) is 43.5 Å². The predicted octanol–water partition coefficient (Wildman–Crippen LogP) is 3.80. The van der Waals surface area contributed by atoms with Gasteiger partial charge in [0.15, 0.2) is 0 Å². The first kappa shape index (κ1) is 17.4. The fourth-order valence-corrected chi connectivity index (χ4v) is 5.01. The third-order valence-corrected chi connectivity index (χ3v) is 7.02. The number of allylic oxidation sites excluding steroid dienone is 2. The van der Waals surface area contributed by atoms with Crippen molar-refractivity contribution in [3.8, 4) is 0 Å². The van der Waals surface area contributed by atoms with Gasteiger partial charge in [-0.05, 0) is 76.4 Å². The Hall–Kier alpha value is -0.680. The highest BCUT2D eigenvalue weighted by molar-refractivity contribution is 5.29. The third-order valence-electron chi connectivity index (χ3n) is 7.02. The number of hydrogen-bond donors (Lipinski definition) is 0. The molecule has 5 aliphatic rings. The molecular formula is C22H32O4. The van der Waals surface area contributed by atoms with Gasteiger partial charge in [-0.15, -0.1) is 0 Å². The van der Waals surface area contributed by atoms with Crippen LogP contribution < -0.4 is 0 Å². The lowest BCUT2D eigenvalue weighted by Crippen LogP contribution is -2.44. The van der Waals surface area contributed by atoms with Gasteiger partial charge in [-0.25, -0.2) is 0 Å². The van der Waals surface area contributed by atoms with E-state index in [2.05, 4.69) is 32.1 Å². The van der Waals surface area contributed by atoms with Crippen LogP contribution in [-0.4, -0.2) is 49.3 Å². The predicted molar refractivity (Wildman–Crippen MR) is 99.0 cm³/mol. The van der Waals surface area contributed by atoms with E-state index < -0.39 is 0 Å². The van der Waals surface area contributed by atoms with Gasteiger partial charge in [-0.2, -0.15) is 0 Å². The van der Waals surface area contributed by atoms with E-state index >= 15 is 0 Å². The Labute approximate surface area is 156 Å². The molecule has 4 fully saturated rings. The number of hydrogen-bond acceptors (Lipinski definition) is 4. The van der Waals surface area contributed by atoms with Crippen molar-refractivity contribution in [1.82, 2.24) is 0 Å². The minimum absolute atomic E-state index is 0.00106. The van der Waals surface area contributed by atoms with E-state index in [9.17, 15) is 0 Å². The first-order valence-electron chi connectivity index (χ1n) is 10.5. The van der Waals surface area contributed by atoms with Crippen molar-refractivity contribution in [3.05, 3.63) is 23.8 Å². The maximum absolute atomic E-state index is 6.47. The Balaban J connectivity index is 1.17. The molecule has 0 amide bonds. The summed E-state index contributed by atoms with van der Waals surface area (Å²) in [5.74, 6) is 1.25. The van der Waals surface area contributed by atoms with E-state index in [0.29, 0.717) is 36.3 Å². The van der Waals surface area contributed by atoms with Crippen molar-refractivity contribution in [3.63, 3.8) is 0 Å². The summed E-state index contributed by atoms with van der Waals surface area (Å²) in [7, 11) is 0. The first-order chi connectivity index (χ1) is 12.6. The summed E-state index contributed by atoms with van der Waals surface area (Å²) in [5, 5.41) is 0. The molecule has 0 aromatic heterocycles. The zero-order valence-corrected chi connectivity index (χ0v) is 16.1. The maximum atomic E-state index is 6.47. The summed E-state index contributed by atoms with van der Waals surface area (Å²) >= 11 is 0. The van der Waals surface area contributed by atoms with Gasteiger partial charge in [0.1, 0.15) is 11.7 Å². The standard InChI is InChI=1S/C22H32O4/c1-14-7-8-22(2,24-13-16-4-6-18-20(11-16)26-18)21(9-14)23-12-15-3-5-17-19(10-15)25-17/h7-9,15-21H,3-6,10-13H2,1-2H3. The van der Waals surface area contributed by atoms with Crippen LogP contribution in [0.5, 0.6) is 0 Å². The molecule has 2 saturated heterocycles. The largest absolute Gasteiger partial charge is 0.370 e. The lowest BCUT2D eigenvalue weighted by molar-refractivity contribution is -0.109. The highest BCUT2D eigenvalue weighted by atomic mass is 16.6. The molecule has 2 aliphatic heterocycles. The van der Waals surface area contributed by atoms with Crippen LogP contribution in [-0.2, 0) is 18.9 Å². The second-order valence-corrected chi connectivity index (χ2v) is 9.28. The van der Waals surface area contributed by atoms with E-state index in [-0.39, 0.29) is 11.7 Å². The molecule has 144 valence electrons. The quantitative estimate of drug-likeness (QED) is 0.676. The summed E-state index contributed by atoms with van der Waals surface area (Å²) in [6.45, 7) is 5.94. The van der Waals surface area contributed by atoms with E-state index in [4.69, 9.17) is 18.9 Å². The summed E-state index contributed by atoms with van der Waals surface area (Å²) < 4.78 is 24.2. The zero-order valence-electron chi connectivity index (χ0n) is 16.1. The van der Waals surface area contributed by atoms with Gasteiger partial charge >= 0.3 is 0 Å². The Kier molecular flexibility index (Phi) is 4.51. The first-order valence-corrected chi connectivity index (χ1v) is 10.5. The normalized spacial score (nSPS) is 49.2. The smallest absolute Gasteiger partial charge is 0.113 e. The molecule has 2 saturated carbocycles. The van der Waals surface area contributed by atoms with Gasteiger partial charge < -0.3 is 18.9 Å². The molecule has 0 bridgehead atoms. The number of ether oxygens (including phenoxy) is 4. The van der Waals surface area contributed by atoms with Crippen LogP contribution in [0.2, 0.25) is 0 Å². The molecule has 0 aromatic rings. The molecule has 2 heterocycles. The SMILES string of the molecule is CC1=CC(OCC2CCC3OC3C2)C(C)(OCC2CCC3OC3C2)C=C1. The Morgan fingerprint density at radius 3 is 2.27 bits per heavy atom. The van der Waals surface area contributed by atoms with Gasteiger partial charge in [0.2, 0.25) is 0 Å². The second kappa shape index (κ2) is 6.73. The lowest BCUT2D eigenvalue weighted by atomic mass is 9.87. The molecule has 0 radical (unpaired) electrons. The Bertz CT molecular complexity index is 599.